The zero-order valence-electron chi connectivity index (χ0n) is 12.5. The predicted octanol–water partition coefficient (Wildman–Crippen LogP) is 1.04. The van der Waals surface area contributed by atoms with Gasteiger partial charge in [-0.05, 0) is 19.0 Å². The number of rotatable bonds is 2. The van der Waals surface area contributed by atoms with Crippen molar-refractivity contribution in [3.05, 3.63) is 18.1 Å². The summed E-state index contributed by atoms with van der Waals surface area (Å²) >= 11 is 0. The Morgan fingerprint density at radius 3 is 3.10 bits per heavy atom. The quantitative estimate of drug-likeness (QED) is 0.894. The van der Waals surface area contributed by atoms with Gasteiger partial charge >= 0.3 is 0 Å². The van der Waals surface area contributed by atoms with Crippen LogP contribution in [0, 0.1) is 0 Å². The van der Waals surface area contributed by atoms with Crippen molar-refractivity contribution < 1.29 is 4.74 Å². The van der Waals surface area contributed by atoms with E-state index in [0.717, 1.165) is 44.1 Å². The van der Waals surface area contributed by atoms with Crippen LogP contribution in [0.25, 0.3) is 11.0 Å². The van der Waals surface area contributed by atoms with Crippen molar-refractivity contribution in [3.63, 3.8) is 0 Å². The van der Waals surface area contributed by atoms with E-state index in [1.807, 2.05) is 0 Å². The highest BCUT2D eigenvalue weighted by atomic mass is 16.5. The van der Waals surface area contributed by atoms with Crippen LogP contribution in [-0.4, -0.2) is 65.3 Å². The number of nitrogens with one attached hydrogen (secondary N) is 1. The van der Waals surface area contributed by atoms with Crippen LogP contribution in [0.3, 0.4) is 0 Å². The molecule has 0 saturated carbocycles. The molecule has 0 amide bonds. The molecule has 0 unspecified atom stereocenters. The first-order valence-electron chi connectivity index (χ1n) is 7.65. The summed E-state index contributed by atoms with van der Waals surface area (Å²) in [6.45, 7) is 5.89. The molecule has 4 rings (SSSR count). The number of likely N-dealkylation sites (N-methyl/N-ethyl adjacent to an activating group) is 1. The largest absolute Gasteiger partial charge is 0.373 e. The molecular weight excluding hydrogens is 266 g/mol. The molecule has 2 aliphatic rings. The monoisotopic (exact) mass is 287 g/mol. The molecule has 2 atom stereocenters. The molecule has 0 bridgehead atoms. The van der Waals surface area contributed by atoms with Crippen molar-refractivity contribution in [3.8, 4) is 0 Å². The average molecular weight is 287 g/mol. The number of hydrogen-bond donors (Lipinski definition) is 1. The summed E-state index contributed by atoms with van der Waals surface area (Å²) in [5.41, 5.74) is 2.21. The molecule has 2 saturated heterocycles. The zero-order chi connectivity index (χ0) is 14.4. The summed E-state index contributed by atoms with van der Waals surface area (Å²) in [6, 6.07) is 0.466. The second kappa shape index (κ2) is 4.96. The minimum atomic E-state index is 0.290. The normalized spacial score (nSPS) is 26.5. The molecular formula is C15H21N5O. The van der Waals surface area contributed by atoms with E-state index < -0.39 is 0 Å². The number of ether oxygens (including phenoxy) is 1. The van der Waals surface area contributed by atoms with Gasteiger partial charge in [0.15, 0.2) is 0 Å². The van der Waals surface area contributed by atoms with Crippen molar-refractivity contribution in [2.75, 3.05) is 38.2 Å². The Morgan fingerprint density at radius 1 is 1.38 bits per heavy atom. The number of H-pyrrole nitrogens is 1. The van der Waals surface area contributed by atoms with Crippen LogP contribution in [0.15, 0.2) is 12.5 Å². The molecule has 4 heterocycles. The number of fused-ring (bicyclic) bond motifs is 2. The summed E-state index contributed by atoms with van der Waals surface area (Å²) in [5, 5.41) is 1.17. The van der Waals surface area contributed by atoms with Gasteiger partial charge in [-0.25, -0.2) is 9.97 Å². The molecule has 0 radical (unpaired) electrons. The topological polar surface area (TPSA) is 57.3 Å². The Kier molecular flexibility index (Phi) is 3.08. The summed E-state index contributed by atoms with van der Waals surface area (Å²) in [5.74, 6) is 1.05. The molecule has 2 aromatic rings. The fourth-order valence-electron chi connectivity index (χ4n) is 3.56. The van der Waals surface area contributed by atoms with Crippen LogP contribution in [0.5, 0.6) is 0 Å². The van der Waals surface area contributed by atoms with E-state index in [9.17, 15) is 0 Å². The Bertz CT molecular complexity index is 655. The fourth-order valence-corrected chi connectivity index (χ4v) is 3.56. The third-order valence-electron chi connectivity index (χ3n) is 4.79. The standard InChI is InChI=1S/C15H21N5O/c1-3-10-6-16-14-13(10)15(18-9-17-14)20-7-11-12(8-20)21-5-4-19(11)2/h6,9,11-12H,3-5,7-8H2,1-2H3,(H,16,17,18)/t11-,12+/m1/s1. The molecule has 0 spiro atoms. The first-order chi connectivity index (χ1) is 10.3. The maximum absolute atomic E-state index is 5.94. The minimum absolute atomic E-state index is 0.290. The maximum atomic E-state index is 5.94. The number of hydrogen-bond acceptors (Lipinski definition) is 5. The van der Waals surface area contributed by atoms with Crippen LogP contribution >= 0.6 is 0 Å². The first-order valence-corrected chi connectivity index (χ1v) is 7.65. The number of anilines is 1. The summed E-state index contributed by atoms with van der Waals surface area (Å²) < 4.78 is 5.94. The zero-order valence-corrected chi connectivity index (χ0v) is 12.5. The summed E-state index contributed by atoms with van der Waals surface area (Å²) in [7, 11) is 2.19. The lowest BCUT2D eigenvalue weighted by Crippen LogP contribution is -2.48. The van der Waals surface area contributed by atoms with Crippen LogP contribution in [-0.2, 0) is 11.2 Å². The first kappa shape index (κ1) is 13.0. The van der Waals surface area contributed by atoms with Gasteiger partial charge in [0.05, 0.1) is 24.1 Å². The van der Waals surface area contributed by atoms with Crippen LogP contribution in [0.1, 0.15) is 12.5 Å². The Hall–Kier alpha value is -1.66. The van der Waals surface area contributed by atoms with Gasteiger partial charge in [-0.3, -0.25) is 4.90 Å². The third kappa shape index (κ3) is 2.01. The van der Waals surface area contributed by atoms with Gasteiger partial charge < -0.3 is 14.6 Å². The number of aromatic nitrogens is 3. The van der Waals surface area contributed by atoms with E-state index in [1.54, 1.807) is 6.33 Å². The Morgan fingerprint density at radius 2 is 2.29 bits per heavy atom. The molecule has 6 heteroatoms. The number of aromatic amines is 1. The Labute approximate surface area is 124 Å². The van der Waals surface area contributed by atoms with Gasteiger partial charge in [0.25, 0.3) is 0 Å². The van der Waals surface area contributed by atoms with E-state index in [-0.39, 0.29) is 6.10 Å². The van der Waals surface area contributed by atoms with Crippen LogP contribution < -0.4 is 4.90 Å². The van der Waals surface area contributed by atoms with Gasteiger partial charge in [0, 0.05) is 25.8 Å². The number of morpholine rings is 1. The van der Waals surface area contributed by atoms with Crippen LogP contribution in [0.4, 0.5) is 5.82 Å². The molecule has 0 aliphatic carbocycles. The fraction of sp³-hybridized carbons (Fsp3) is 0.600. The number of aryl methyl sites for hydroxylation is 1. The average Bonchev–Trinajstić information content (AvgIpc) is 3.11. The van der Waals surface area contributed by atoms with Crippen molar-refractivity contribution in [1.82, 2.24) is 19.9 Å². The summed E-state index contributed by atoms with van der Waals surface area (Å²) in [4.78, 5) is 16.9. The highest BCUT2D eigenvalue weighted by Crippen LogP contribution is 2.31. The second-order valence-corrected chi connectivity index (χ2v) is 5.95. The molecule has 2 aliphatic heterocycles. The van der Waals surface area contributed by atoms with Crippen LogP contribution in [0.2, 0.25) is 0 Å². The lowest BCUT2D eigenvalue weighted by molar-refractivity contribution is -0.0362. The predicted molar refractivity (Wildman–Crippen MR) is 81.6 cm³/mol. The van der Waals surface area contributed by atoms with Gasteiger partial charge in [0.1, 0.15) is 17.8 Å². The van der Waals surface area contributed by atoms with E-state index >= 15 is 0 Å². The lowest BCUT2D eigenvalue weighted by atomic mass is 10.1. The van der Waals surface area contributed by atoms with E-state index in [1.165, 1.54) is 10.9 Å². The SMILES string of the molecule is CCc1c[nH]c2ncnc(N3C[C@@H]4OCCN(C)[C@@H]4C3)c12. The van der Waals surface area contributed by atoms with Crippen molar-refractivity contribution in [2.45, 2.75) is 25.5 Å². The van der Waals surface area contributed by atoms with E-state index in [0.29, 0.717) is 6.04 Å². The summed E-state index contributed by atoms with van der Waals surface area (Å²) in [6.07, 6.45) is 4.98. The van der Waals surface area contributed by atoms with Gasteiger partial charge in [-0.1, -0.05) is 6.92 Å². The van der Waals surface area contributed by atoms with Gasteiger partial charge in [-0.2, -0.15) is 0 Å². The third-order valence-corrected chi connectivity index (χ3v) is 4.79. The molecule has 112 valence electrons. The van der Waals surface area contributed by atoms with Gasteiger partial charge in [0.2, 0.25) is 0 Å². The second-order valence-electron chi connectivity index (χ2n) is 5.95. The Balaban J connectivity index is 1.72. The molecule has 1 N–H and O–H groups in total. The van der Waals surface area contributed by atoms with E-state index in [4.69, 9.17) is 4.74 Å². The molecule has 2 aromatic heterocycles. The highest BCUT2D eigenvalue weighted by molar-refractivity contribution is 5.91. The molecule has 6 nitrogen and oxygen atoms in total. The molecule has 2 fully saturated rings. The van der Waals surface area contributed by atoms with Gasteiger partial charge in [-0.15, -0.1) is 0 Å². The van der Waals surface area contributed by atoms with Crippen molar-refractivity contribution >= 4 is 16.9 Å². The van der Waals surface area contributed by atoms with E-state index in [2.05, 4.69) is 44.9 Å². The molecule has 21 heavy (non-hydrogen) atoms. The minimum Gasteiger partial charge on any atom is -0.373 e. The molecule has 0 aromatic carbocycles. The lowest BCUT2D eigenvalue weighted by Gasteiger charge is -2.33. The smallest absolute Gasteiger partial charge is 0.143 e. The highest BCUT2D eigenvalue weighted by Gasteiger charge is 2.39. The van der Waals surface area contributed by atoms with Crippen molar-refractivity contribution in [2.24, 2.45) is 0 Å². The maximum Gasteiger partial charge on any atom is 0.143 e. The number of nitrogens with zero attached hydrogens (tertiary/aromatic N) is 4. The van der Waals surface area contributed by atoms with Crippen molar-refractivity contribution in [1.29, 1.82) is 0 Å².